The average molecular weight is 419 g/mol. The van der Waals surface area contributed by atoms with Gasteiger partial charge in [0.05, 0.1) is 0 Å². The minimum absolute atomic E-state index is 0.0412. The maximum atomic E-state index is 13.6. The van der Waals surface area contributed by atoms with E-state index in [0.29, 0.717) is 4.47 Å². The van der Waals surface area contributed by atoms with Crippen LogP contribution in [0.5, 0.6) is 0 Å². The lowest BCUT2D eigenvalue weighted by molar-refractivity contribution is -0.297. The summed E-state index contributed by atoms with van der Waals surface area (Å²) in [6.07, 6.45) is -1.28. The van der Waals surface area contributed by atoms with Crippen molar-refractivity contribution in [2.75, 3.05) is 0 Å². The Morgan fingerprint density at radius 1 is 1.20 bits per heavy atom. The number of benzene rings is 1. The number of hydrazone groups is 1. The highest BCUT2D eigenvalue weighted by molar-refractivity contribution is 9.10. The molecule has 0 saturated heterocycles. The highest BCUT2D eigenvalue weighted by atomic mass is 79.9. The van der Waals surface area contributed by atoms with Gasteiger partial charge < -0.3 is 5.11 Å². The SMILES string of the molecule is O=C(c1ccc(Br)cc1)N1N=C(C2CCCCC2)C[C@]1(O)C(F)(F)F. The Labute approximate surface area is 151 Å². The summed E-state index contributed by atoms with van der Waals surface area (Å²) in [5, 5.41) is 14.5. The van der Waals surface area contributed by atoms with Crippen molar-refractivity contribution in [2.45, 2.75) is 50.4 Å². The summed E-state index contributed by atoms with van der Waals surface area (Å²) in [4.78, 5) is 12.6. The molecule has 0 unspecified atom stereocenters. The van der Waals surface area contributed by atoms with Crippen LogP contribution in [0.25, 0.3) is 0 Å². The average Bonchev–Trinajstić information content (AvgIpc) is 2.95. The van der Waals surface area contributed by atoms with Gasteiger partial charge in [-0.3, -0.25) is 4.79 Å². The van der Waals surface area contributed by atoms with E-state index in [2.05, 4.69) is 21.0 Å². The third-order valence-corrected chi connectivity index (χ3v) is 5.35. The first-order valence-corrected chi connectivity index (χ1v) is 8.98. The molecule has 0 aromatic heterocycles. The summed E-state index contributed by atoms with van der Waals surface area (Å²) in [5.41, 5.74) is -2.98. The van der Waals surface area contributed by atoms with Gasteiger partial charge in [-0.05, 0) is 43.0 Å². The number of nitrogens with zero attached hydrogens (tertiary/aromatic N) is 2. The zero-order valence-electron chi connectivity index (χ0n) is 13.4. The molecule has 1 heterocycles. The molecule has 4 nitrogen and oxygen atoms in total. The number of hydrogen-bond acceptors (Lipinski definition) is 3. The van der Waals surface area contributed by atoms with E-state index in [1.54, 1.807) is 12.1 Å². The molecule has 1 N–H and O–H groups in total. The molecular formula is C17H18BrF3N2O2. The minimum atomic E-state index is -4.99. The molecule has 1 saturated carbocycles. The summed E-state index contributed by atoms with van der Waals surface area (Å²) in [6, 6.07) is 5.91. The van der Waals surface area contributed by atoms with Gasteiger partial charge in [-0.15, -0.1) is 0 Å². The summed E-state index contributed by atoms with van der Waals surface area (Å²) < 4.78 is 41.4. The lowest BCUT2D eigenvalue weighted by Gasteiger charge is -2.32. The fourth-order valence-electron chi connectivity index (χ4n) is 3.38. The molecular weight excluding hydrogens is 401 g/mol. The number of aliphatic hydroxyl groups is 1. The van der Waals surface area contributed by atoms with E-state index in [0.717, 1.165) is 32.1 Å². The molecule has 1 atom stereocenters. The van der Waals surface area contributed by atoms with Crippen molar-refractivity contribution in [3.05, 3.63) is 34.3 Å². The highest BCUT2D eigenvalue weighted by Crippen LogP contribution is 2.43. The number of carbonyl (C=O) groups is 1. The normalized spacial score (nSPS) is 25.2. The second-order valence-corrected chi connectivity index (χ2v) is 7.46. The van der Waals surface area contributed by atoms with E-state index in [1.165, 1.54) is 12.1 Å². The second kappa shape index (κ2) is 6.72. The van der Waals surface area contributed by atoms with E-state index in [9.17, 15) is 23.1 Å². The van der Waals surface area contributed by atoms with Crippen LogP contribution >= 0.6 is 15.9 Å². The summed E-state index contributed by atoms with van der Waals surface area (Å²) in [7, 11) is 0. The van der Waals surface area contributed by atoms with Gasteiger partial charge in [-0.1, -0.05) is 35.2 Å². The molecule has 0 spiro atoms. The van der Waals surface area contributed by atoms with Gasteiger partial charge in [-0.2, -0.15) is 23.3 Å². The first-order chi connectivity index (χ1) is 11.7. The van der Waals surface area contributed by atoms with Gasteiger partial charge in [0.1, 0.15) is 0 Å². The lowest BCUT2D eigenvalue weighted by Crippen LogP contribution is -2.56. The quantitative estimate of drug-likeness (QED) is 0.769. The number of amides is 1. The van der Waals surface area contributed by atoms with Crippen LogP contribution in [0.2, 0.25) is 0 Å². The van der Waals surface area contributed by atoms with E-state index in [-0.39, 0.29) is 22.2 Å². The fraction of sp³-hybridized carbons (Fsp3) is 0.529. The van der Waals surface area contributed by atoms with Crippen molar-refractivity contribution >= 4 is 27.5 Å². The smallest absolute Gasteiger partial charge is 0.362 e. The van der Waals surface area contributed by atoms with E-state index < -0.39 is 24.2 Å². The molecule has 1 amide bonds. The van der Waals surface area contributed by atoms with Crippen molar-refractivity contribution in [3.8, 4) is 0 Å². The molecule has 1 aliphatic carbocycles. The number of carbonyl (C=O) groups excluding carboxylic acids is 1. The largest absolute Gasteiger partial charge is 0.438 e. The molecule has 2 aliphatic rings. The predicted molar refractivity (Wildman–Crippen MR) is 89.9 cm³/mol. The van der Waals surface area contributed by atoms with Crippen molar-refractivity contribution in [2.24, 2.45) is 11.0 Å². The van der Waals surface area contributed by atoms with Crippen molar-refractivity contribution in [3.63, 3.8) is 0 Å². The van der Waals surface area contributed by atoms with Crippen LogP contribution in [-0.2, 0) is 0 Å². The maximum absolute atomic E-state index is 13.6. The third-order valence-electron chi connectivity index (χ3n) is 4.82. The van der Waals surface area contributed by atoms with Gasteiger partial charge in [-0.25, -0.2) is 0 Å². The topological polar surface area (TPSA) is 52.9 Å². The zero-order chi connectivity index (χ0) is 18.2. The Balaban J connectivity index is 1.94. The fourth-order valence-corrected chi connectivity index (χ4v) is 3.65. The van der Waals surface area contributed by atoms with Crippen LogP contribution in [0.3, 0.4) is 0 Å². The van der Waals surface area contributed by atoms with Crippen molar-refractivity contribution in [1.29, 1.82) is 0 Å². The van der Waals surface area contributed by atoms with E-state index in [4.69, 9.17) is 0 Å². The van der Waals surface area contributed by atoms with Crippen LogP contribution in [0, 0.1) is 5.92 Å². The molecule has 3 rings (SSSR count). The number of rotatable bonds is 2. The first kappa shape index (κ1) is 18.4. The van der Waals surface area contributed by atoms with Gasteiger partial charge in [0.2, 0.25) is 0 Å². The predicted octanol–water partition coefficient (Wildman–Crippen LogP) is 4.48. The molecule has 1 aromatic carbocycles. The first-order valence-electron chi connectivity index (χ1n) is 8.19. The Morgan fingerprint density at radius 3 is 2.36 bits per heavy atom. The van der Waals surface area contributed by atoms with Crippen LogP contribution in [0.1, 0.15) is 48.9 Å². The van der Waals surface area contributed by atoms with E-state index >= 15 is 0 Å². The van der Waals surface area contributed by atoms with Gasteiger partial charge in [0.15, 0.2) is 0 Å². The molecule has 1 aromatic rings. The second-order valence-electron chi connectivity index (χ2n) is 6.54. The van der Waals surface area contributed by atoms with E-state index in [1.807, 2.05) is 0 Å². The summed E-state index contributed by atoms with van der Waals surface area (Å²) >= 11 is 3.21. The summed E-state index contributed by atoms with van der Waals surface area (Å²) in [6.45, 7) is 0. The Morgan fingerprint density at radius 2 is 1.80 bits per heavy atom. The van der Waals surface area contributed by atoms with Crippen LogP contribution < -0.4 is 0 Å². The van der Waals surface area contributed by atoms with Crippen LogP contribution in [0.15, 0.2) is 33.8 Å². The van der Waals surface area contributed by atoms with Gasteiger partial charge in [0.25, 0.3) is 11.6 Å². The maximum Gasteiger partial charge on any atom is 0.438 e. The number of alkyl halides is 3. The lowest BCUT2D eigenvalue weighted by atomic mass is 9.83. The molecule has 25 heavy (non-hydrogen) atoms. The monoisotopic (exact) mass is 418 g/mol. The van der Waals surface area contributed by atoms with Crippen molar-refractivity contribution < 1.29 is 23.1 Å². The Bertz CT molecular complexity index is 684. The van der Waals surface area contributed by atoms with Crippen LogP contribution in [0.4, 0.5) is 13.2 Å². The standard InChI is InChI=1S/C17H18BrF3N2O2/c18-13-8-6-12(7-9-13)15(24)23-16(25,17(19,20)21)10-14(22-23)11-4-2-1-3-5-11/h6-9,11,25H,1-5,10H2/t16-/m0/s1. The van der Waals surface area contributed by atoms with Gasteiger partial charge >= 0.3 is 6.18 Å². The molecule has 8 heteroatoms. The molecule has 1 aliphatic heterocycles. The molecule has 1 fully saturated rings. The van der Waals surface area contributed by atoms with Gasteiger partial charge in [0, 0.05) is 22.2 Å². The third kappa shape index (κ3) is 3.46. The Kier molecular flexibility index (Phi) is 4.94. The Hall–Kier alpha value is -1.41. The number of halogens is 4. The highest BCUT2D eigenvalue weighted by Gasteiger charge is 2.63. The van der Waals surface area contributed by atoms with Crippen molar-refractivity contribution in [1.82, 2.24) is 5.01 Å². The number of hydrogen-bond donors (Lipinski definition) is 1. The minimum Gasteiger partial charge on any atom is -0.362 e. The molecule has 0 bridgehead atoms. The summed E-state index contributed by atoms with van der Waals surface area (Å²) in [5.74, 6) is -1.07. The zero-order valence-corrected chi connectivity index (χ0v) is 15.0. The molecule has 0 radical (unpaired) electrons. The molecule has 136 valence electrons. The van der Waals surface area contributed by atoms with Crippen LogP contribution in [-0.4, -0.2) is 33.6 Å².